The summed E-state index contributed by atoms with van der Waals surface area (Å²) in [4.78, 5) is 15.8. The van der Waals surface area contributed by atoms with Crippen LogP contribution in [0.1, 0.15) is 29.7 Å². The zero-order chi connectivity index (χ0) is 25.0. The van der Waals surface area contributed by atoms with Crippen LogP contribution in [-0.4, -0.2) is 42.0 Å². The van der Waals surface area contributed by atoms with Crippen molar-refractivity contribution < 1.29 is 45.4 Å². The molecule has 33 heavy (non-hydrogen) atoms. The molecule has 0 bridgehead atoms. The maximum atomic E-state index is 14.2. The number of rotatable bonds is 8. The fourth-order valence-corrected chi connectivity index (χ4v) is 3.22. The molecule has 1 heterocycles. The summed E-state index contributed by atoms with van der Waals surface area (Å²) < 4.78 is 97.6. The van der Waals surface area contributed by atoms with Crippen molar-refractivity contribution in [2.45, 2.75) is 36.8 Å². The van der Waals surface area contributed by atoms with Gasteiger partial charge in [-0.2, -0.15) is 26.3 Å². The smallest absolute Gasteiger partial charge is 0.416 e. The van der Waals surface area contributed by atoms with Gasteiger partial charge in [0.1, 0.15) is 5.82 Å². The second kappa shape index (κ2) is 10.2. The number of halogens is 8. The molecule has 0 radical (unpaired) electrons. The van der Waals surface area contributed by atoms with E-state index < -0.39 is 66.3 Å². The molecule has 0 saturated carbocycles. The van der Waals surface area contributed by atoms with E-state index in [1.54, 1.807) is 0 Å². The van der Waals surface area contributed by atoms with Crippen molar-refractivity contribution in [3.63, 3.8) is 0 Å². The molecule has 0 spiro atoms. The molecule has 5 nitrogen and oxygen atoms in total. The van der Waals surface area contributed by atoms with Gasteiger partial charge in [-0.25, -0.2) is 4.39 Å². The van der Waals surface area contributed by atoms with Crippen LogP contribution in [0.25, 0.3) is 0 Å². The van der Waals surface area contributed by atoms with Crippen LogP contribution < -0.4 is 5.32 Å². The SMILES string of the molecule is COC(=O)CC[C@@](NC[C@@H](O)C(F)(F)F)(c1cc(F)cc(C(F)(F)F)c1)c1ccc(Cl)cn1. The highest BCUT2D eigenvalue weighted by Gasteiger charge is 2.43. The number of nitrogens with one attached hydrogen (secondary N) is 1. The van der Waals surface area contributed by atoms with Gasteiger partial charge in [-0.3, -0.25) is 15.1 Å². The third kappa shape index (κ3) is 6.78. The van der Waals surface area contributed by atoms with Crippen LogP contribution in [0.2, 0.25) is 5.02 Å². The molecule has 13 heteroatoms. The third-order valence-electron chi connectivity index (χ3n) is 4.79. The normalized spacial score (nSPS) is 15.1. The average Bonchev–Trinajstić information content (AvgIpc) is 2.72. The summed E-state index contributed by atoms with van der Waals surface area (Å²) in [5.41, 5.74) is -4.11. The van der Waals surface area contributed by atoms with Crippen molar-refractivity contribution >= 4 is 17.6 Å². The van der Waals surface area contributed by atoms with Crippen LogP contribution in [0.4, 0.5) is 30.7 Å². The summed E-state index contributed by atoms with van der Waals surface area (Å²) in [5, 5.41) is 11.9. The van der Waals surface area contributed by atoms with Gasteiger partial charge in [0.15, 0.2) is 6.10 Å². The van der Waals surface area contributed by atoms with E-state index in [0.717, 1.165) is 13.3 Å². The molecule has 0 aliphatic heterocycles. The Kier molecular flexibility index (Phi) is 8.31. The Morgan fingerprint density at radius 1 is 1.15 bits per heavy atom. The van der Waals surface area contributed by atoms with E-state index in [-0.39, 0.29) is 16.8 Å². The largest absolute Gasteiger partial charge is 0.469 e. The lowest BCUT2D eigenvalue weighted by Gasteiger charge is -2.36. The maximum absolute atomic E-state index is 14.2. The van der Waals surface area contributed by atoms with Crippen LogP contribution in [0, 0.1) is 5.82 Å². The minimum atomic E-state index is -5.06. The van der Waals surface area contributed by atoms with Crippen molar-refractivity contribution in [2.75, 3.05) is 13.7 Å². The number of carbonyl (C=O) groups excluding carboxylic acids is 1. The Hall–Kier alpha value is -2.44. The number of nitrogens with zero attached hydrogens (tertiary/aromatic N) is 1. The molecular formula is C20H18ClF7N2O3. The third-order valence-corrected chi connectivity index (χ3v) is 5.01. The summed E-state index contributed by atoms with van der Waals surface area (Å²) in [6.07, 6.45) is -12.9. The Labute approximate surface area is 188 Å². The van der Waals surface area contributed by atoms with Crippen molar-refractivity contribution in [2.24, 2.45) is 0 Å². The van der Waals surface area contributed by atoms with E-state index in [9.17, 15) is 40.6 Å². The molecule has 0 unspecified atom stereocenters. The molecular weight excluding hydrogens is 485 g/mol. The number of benzene rings is 1. The zero-order valence-electron chi connectivity index (χ0n) is 16.9. The van der Waals surface area contributed by atoms with E-state index >= 15 is 0 Å². The number of aliphatic hydroxyl groups excluding tert-OH is 1. The number of hydrogen-bond donors (Lipinski definition) is 2. The van der Waals surface area contributed by atoms with Crippen LogP contribution in [0.5, 0.6) is 0 Å². The van der Waals surface area contributed by atoms with Gasteiger partial charge in [0.25, 0.3) is 0 Å². The van der Waals surface area contributed by atoms with E-state index in [0.29, 0.717) is 12.1 Å². The summed E-state index contributed by atoms with van der Waals surface area (Å²) in [6.45, 7) is -1.20. The number of hydrogen-bond acceptors (Lipinski definition) is 5. The maximum Gasteiger partial charge on any atom is 0.416 e. The first kappa shape index (κ1) is 26.8. The molecule has 2 N–H and O–H groups in total. The van der Waals surface area contributed by atoms with Gasteiger partial charge < -0.3 is 9.84 Å². The van der Waals surface area contributed by atoms with Gasteiger partial charge in [-0.15, -0.1) is 0 Å². The van der Waals surface area contributed by atoms with Gasteiger partial charge in [0, 0.05) is 19.2 Å². The average molecular weight is 503 g/mol. The Morgan fingerprint density at radius 3 is 2.30 bits per heavy atom. The molecule has 0 aliphatic carbocycles. The van der Waals surface area contributed by atoms with E-state index in [1.165, 1.54) is 12.1 Å². The molecule has 1 aromatic heterocycles. The zero-order valence-corrected chi connectivity index (χ0v) is 17.7. The second-order valence-corrected chi connectivity index (χ2v) is 7.44. The number of aliphatic hydroxyl groups is 1. The lowest BCUT2D eigenvalue weighted by Crippen LogP contribution is -2.50. The number of alkyl halides is 6. The van der Waals surface area contributed by atoms with Crippen LogP contribution in [0.3, 0.4) is 0 Å². The van der Waals surface area contributed by atoms with Crippen LogP contribution in [0.15, 0.2) is 36.5 Å². The van der Waals surface area contributed by atoms with Crippen LogP contribution in [-0.2, 0) is 21.2 Å². The molecule has 2 aromatic rings. The molecule has 0 saturated heterocycles. The van der Waals surface area contributed by atoms with Crippen molar-refractivity contribution in [1.29, 1.82) is 0 Å². The number of aromatic nitrogens is 1. The van der Waals surface area contributed by atoms with Gasteiger partial charge in [-0.05, 0) is 42.3 Å². The lowest BCUT2D eigenvalue weighted by atomic mass is 9.80. The quantitative estimate of drug-likeness (QED) is 0.408. The van der Waals surface area contributed by atoms with E-state index in [4.69, 9.17) is 11.6 Å². The Balaban J connectivity index is 2.73. The molecule has 0 aliphatic rings. The second-order valence-electron chi connectivity index (χ2n) is 7.01. The highest BCUT2D eigenvalue weighted by molar-refractivity contribution is 6.30. The van der Waals surface area contributed by atoms with Crippen molar-refractivity contribution in [1.82, 2.24) is 10.3 Å². The molecule has 182 valence electrons. The van der Waals surface area contributed by atoms with Gasteiger partial charge in [-0.1, -0.05) is 11.6 Å². The van der Waals surface area contributed by atoms with E-state index in [2.05, 4.69) is 15.0 Å². The first-order valence-electron chi connectivity index (χ1n) is 9.26. The minimum absolute atomic E-state index is 0.103. The predicted octanol–water partition coefficient (Wildman–Crippen LogP) is 4.60. The molecule has 2 atom stereocenters. The minimum Gasteiger partial charge on any atom is -0.469 e. The summed E-state index contributed by atoms with van der Waals surface area (Å²) in [5.74, 6) is -2.16. The first-order chi connectivity index (χ1) is 15.2. The Bertz CT molecular complexity index is 968. The fraction of sp³-hybridized carbons (Fsp3) is 0.400. The first-order valence-corrected chi connectivity index (χ1v) is 9.64. The molecule has 2 rings (SSSR count). The molecule has 0 fully saturated rings. The standard InChI is InChI=1S/C20H18ClF7N2O3/c1-33-17(32)4-5-18(15-3-2-13(21)9-29-15,30-10-16(31)20(26,27)28)11-6-12(19(23,24)25)8-14(22)7-11/h2-3,6-9,16,30-31H,4-5,10H2,1H3/t16-,18-/m1/s1. The highest BCUT2D eigenvalue weighted by atomic mass is 35.5. The van der Waals surface area contributed by atoms with Gasteiger partial charge >= 0.3 is 18.3 Å². The number of esters is 1. The summed E-state index contributed by atoms with van der Waals surface area (Å²) in [6, 6.07) is 3.89. The fourth-order valence-electron chi connectivity index (χ4n) is 3.11. The molecule has 0 amide bonds. The van der Waals surface area contributed by atoms with Crippen molar-refractivity contribution in [3.8, 4) is 0 Å². The number of pyridine rings is 1. The number of carbonyl (C=O) groups is 1. The number of ether oxygens (including phenoxy) is 1. The van der Waals surface area contributed by atoms with Crippen LogP contribution >= 0.6 is 11.6 Å². The van der Waals surface area contributed by atoms with Crippen molar-refractivity contribution in [3.05, 3.63) is 64.2 Å². The highest BCUT2D eigenvalue weighted by Crippen LogP contribution is 2.38. The monoisotopic (exact) mass is 502 g/mol. The predicted molar refractivity (Wildman–Crippen MR) is 103 cm³/mol. The van der Waals surface area contributed by atoms with Gasteiger partial charge in [0.05, 0.1) is 28.9 Å². The topological polar surface area (TPSA) is 71.5 Å². The Morgan fingerprint density at radius 2 is 1.79 bits per heavy atom. The summed E-state index contributed by atoms with van der Waals surface area (Å²) in [7, 11) is 1.04. The number of methoxy groups -OCH3 is 1. The molecule has 1 aromatic carbocycles. The lowest BCUT2D eigenvalue weighted by molar-refractivity contribution is -0.202. The van der Waals surface area contributed by atoms with Gasteiger partial charge in [0.2, 0.25) is 0 Å². The summed E-state index contributed by atoms with van der Waals surface area (Å²) >= 11 is 5.80. The van der Waals surface area contributed by atoms with E-state index in [1.807, 2.05) is 0 Å².